The van der Waals surface area contributed by atoms with Gasteiger partial charge in [0, 0.05) is 12.1 Å². The SMILES string of the molecule is CCOC(=O)[C@@H](C)[C@@H]1CCCCN1[C@@H](C)c1ccccc1. The van der Waals surface area contributed by atoms with Crippen LogP contribution < -0.4 is 0 Å². The third kappa shape index (κ3) is 3.85. The Hall–Kier alpha value is -1.35. The lowest BCUT2D eigenvalue weighted by atomic mass is 9.89. The summed E-state index contributed by atoms with van der Waals surface area (Å²) in [4.78, 5) is 14.6. The highest BCUT2D eigenvalue weighted by Crippen LogP contribution is 2.32. The third-order valence-electron chi connectivity index (χ3n) is 4.61. The zero-order valence-electron chi connectivity index (χ0n) is 13.4. The molecule has 0 radical (unpaired) electrons. The van der Waals surface area contributed by atoms with Crippen molar-refractivity contribution in [3.8, 4) is 0 Å². The Morgan fingerprint density at radius 3 is 2.67 bits per heavy atom. The van der Waals surface area contributed by atoms with Gasteiger partial charge in [0.1, 0.15) is 0 Å². The number of carbonyl (C=O) groups excluding carboxylic acids is 1. The van der Waals surface area contributed by atoms with Gasteiger partial charge in [-0.15, -0.1) is 0 Å². The van der Waals surface area contributed by atoms with E-state index >= 15 is 0 Å². The Kier molecular flexibility index (Phi) is 5.80. The van der Waals surface area contributed by atoms with Gasteiger partial charge in [0.15, 0.2) is 0 Å². The Morgan fingerprint density at radius 2 is 2.00 bits per heavy atom. The van der Waals surface area contributed by atoms with Gasteiger partial charge in [0.2, 0.25) is 0 Å². The number of esters is 1. The van der Waals surface area contributed by atoms with E-state index in [9.17, 15) is 4.79 Å². The van der Waals surface area contributed by atoms with Gasteiger partial charge in [0.05, 0.1) is 12.5 Å². The molecule has 0 spiro atoms. The molecule has 3 heteroatoms. The molecular weight excluding hydrogens is 262 g/mol. The van der Waals surface area contributed by atoms with Crippen molar-refractivity contribution in [1.82, 2.24) is 4.90 Å². The summed E-state index contributed by atoms with van der Waals surface area (Å²) in [5.74, 6) is -0.119. The second kappa shape index (κ2) is 7.60. The van der Waals surface area contributed by atoms with Crippen LogP contribution in [0.25, 0.3) is 0 Å². The first-order valence-corrected chi connectivity index (χ1v) is 8.12. The van der Waals surface area contributed by atoms with E-state index in [4.69, 9.17) is 4.74 Å². The number of benzene rings is 1. The van der Waals surface area contributed by atoms with Crippen LogP contribution in [0.4, 0.5) is 0 Å². The second-order valence-corrected chi connectivity index (χ2v) is 5.93. The molecular formula is C18H27NO2. The molecule has 2 rings (SSSR count). The van der Waals surface area contributed by atoms with Crippen LogP contribution in [0, 0.1) is 5.92 Å². The van der Waals surface area contributed by atoms with Gasteiger partial charge < -0.3 is 4.74 Å². The van der Waals surface area contributed by atoms with Crippen molar-refractivity contribution in [3.63, 3.8) is 0 Å². The summed E-state index contributed by atoms with van der Waals surface area (Å²) in [7, 11) is 0. The molecule has 0 saturated carbocycles. The average molecular weight is 289 g/mol. The lowest BCUT2D eigenvalue weighted by molar-refractivity contribution is -0.150. The maximum Gasteiger partial charge on any atom is 0.310 e. The first kappa shape index (κ1) is 16.0. The van der Waals surface area contributed by atoms with Crippen molar-refractivity contribution in [2.75, 3.05) is 13.2 Å². The number of likely N-dealkylation sites (tertiary alicyclic amines) is 1. The van der Waals surface area contributed by atoms with E-state index < -0.39 is 0 Å². The van der Waals surface area contributed by atoms with Gasteiger partial charge in [-0.3, -0.25) is 9.69 Å². The number of carbonyl (C=O) groups is 1. The summed E-state index contributed by atoms with van der Waals surface area (Å²) >= 11 is 0. The number of nitrogens with zero attached hydrogens (tertiary/aromatic N) is 1. The summed E-state index contributed by atoms with van der Waals surface area (Å²) in [5, 5.41) is 0. The van der Waals surface area contributed by atoms with Crippen molar-refractivity contribution in [2.45, 2.75) is 52.1 Å². The number of rotatable bonds is 5. The van der Waals surface area contributed by atoms with Crippen LogP contribution in [-0.4, -0.2) is 30.1 Å². The van der Waals surface area contributed by atoms with Crippen LogP contribution in [0.15, 0.2) is 30.3 Å². The molecule has 0 N–H and O–H groups in total. The summed E-state index contributed by atoms with van der Waals surface area (Å²) in [6.45, 7) is 7.65. The Labute approximate surface area is 128 Å². The van der Waals surface area contributed by atoms with Gasteiger partial charge in [-0.05, 0) is 38.8 Å². The summed E-state index contributed by atoms with van der Waals surface area (Å²) < 4.78 is 5.23. The summed E-state index contributed by atoms with van der Waals surface area (Å²) in [5.41, 5.74) is 1.32. The van der Waals surface area contributed by atoms with Gasteiger partial charge in [-0.2, -0.15) is 0 Å². The van der Waals surface area contributed by atoms with Crippen molar-refractivity contribution in [1.29, 1.82) is 0 Å². The van der Waals surface area contributed by atoms with Crippen LogP contribution >= 0.6 is 0 Å². The highest BCUT2D eigenvalue weighted by atomic mass is 16.5. The normalized spacial score (nSPS) is 22.5. The predicted molar refractivity (Wildman–Crippen MR) is 85.0 cm³/mol. The van der Waals surface area contributed by atoms with Gasteiger partial charge in [-0.25, -0.2) is 0 Å². The van der Waals surface area contributed by atoms with Crippen LogP contribution in [0.2, 0.25) is 0 Å². The van der Waals surface area contributed by atoms with Gasteiger partial charge in [-0.1, -0.05) is 43.7 Å². The molecule has 1 fully saturated rings. The number of hydrogen-bond acceptors (Lipinski definition) is 3. The smallest absolute Gasteiger partial charge is 0.310 e. The van der Waals surface area contributed by atoms with Crippen LogP contribution in [0.3, 0.4) is 0 Å². The van der Waals surface area contributed by atoms with E-state index in [-0.39, 0.29) is 17.9 Å². The molecule has 1 aromatic rings. The third-order valence-corrected chi connectivity index (χ3v) is 4.61. The number of piperidine rings is 1. The fraction of sp³-hybridized carbons (Fsp3) is 0.611. The van der Waals surface area contributed by atoms with Crippen molar-refractivity contribution < 1.29 is 9.53 Å². The standard InChI is InChI=1S/C18H27NO2/c1-4-21-18(20)14(2)17-12-8-9-13-19(17)15(3)16-10-6-5-7-11-16/h5-7,10-11,14-15,17H,4,8-9,12-13H2,1-3H3/t14-,15-,17-/m0/s1. The van der Waals surface area contributed by atoms with Crippen LogP contribution in [0.5, 0.6) is 0 Å². The Balaban J connectivity index is 2.13. The molecule has 1 aromatic carbocycles. The molecule has 0 aromatic heterocycles. The first-order valence-electron chi connectivity index (χ1n) is 8.12. The average Bonchev–Trinajstić information content (AvgIpc) is 2.54. The molecule has 116 valence electrons. The number of hydrogen-bond donors (Lipinski definition) is 0. The Bertz CT molecular complexity index is 446. The van der Waals surface area contributed by atoms with E-state index in [1.54, 1.807) is 0 Å². The zero-order chi connectivity index (χ0) is 15.2. The zero-order valence-corrected chi connectivity index (χ0v) is 13.4. The molecule has 0 bridgehead atoms. The lowest BCUT2D eigenvalue weighted by Gasteiger charge is -2.42. The highest BCUT2D eigenvalue weighted by Gasteiger charge is 2.34. The van der Waals surface area contributed by atoms with E-state index in [1.807, 2.05) is 19.9 Å². The van der Waals surface area contributed by atoms with Crippen molar-refractivity contribution in [2.24, 2.45) is 5.92 Å². The molecule has 1 aliphatic heterocycles. The van der Waals surface area contributed by atoms with E-state index in [0.29, 0.717) is 12.6 Å². The number of ether oxygens (including phenoxy) is 1. The molecule has 1 aliphatic rings. The van der Waals surface area contributed by atoms with Gasteiger partial charge >= 0.3 is 5.97 Å². The second-order valence-electron chi connectivity index (χ2n) is 5.93. The maximum atomic E-state index is 12.1. The highest BCUT2D eigenvalue weighted by molar-refractivity contribution is 5.72. The van der Waals surface area contributed by atoms with Crippen molar-refractivity contribution in [3.05, 3.63) is 35.9 Å². The molecule has 3 atom stereocenters. The molecule has 0 unspecified atom stereocenters. The first-order chi connectivity index (χ1) is 10.1. The largest absolute Gasteiger partial charge is 0.466 e. The maximum absolute atomic E-state index is 12.1. The Morgan fingerprint density at radius 1 is 1.29 bits per heavy atom. The molecule has 1 saturated heterocycles. The molecule has 0 aliphatic carbocycles. The molecule has 0 amide bonds. The van der Waals surface area contributed by atoms with E-state index in [0.717, 1.165) is 13.0 Å². The lowest BCUT2D eigenvalue weighted by Crippen LogP contribution is -2.47. The molecule has 1 heterocycles. The van der Waals surface area contributed by atoms with E-state index in [2.05, 4.69) is 36.1 Å². The summed E-state index contributed by atoms with van der Waals surface area (Å²) in [6, 6.07) is 11.2. The minimum absolute atomic E-state index is 0.0589. The minimum atomic E-state index is -0.0605. The minimum Gasteiger partial charge on any atom is -0.466 e. The fourth-order valence-electron chi connectivity index (χ4n) is 3.35. The predicted octanol–water partition coefficient (Wildman–Crippen LogP) is 3.80. The fourth-order valence-corrected chi connectivity index (χ4v) is 3.35. The van der Waals surface area contributed by atoms with Crippen molar-refractivity contribution >= 4 is 5.97 Å². The van der Waals surface area contributed by atoms with Crippen LogP contribution in [-0.2, 0) is 9.53 Å². The quantitative estimate of drug-likeness (QED) is 0.772. The molecule has 3 nitrogen and oxygen atoms in total. The van der Waals surface area contributed by atoms with E-state index in [1.165, 1.54) is 18.4 Å². The summed E-state index contributed by atoms with van der Waals surface area (Å²) in [6.07, 6.45) is 3.49. The van der Waals surface area contributed by atoms with Crippen LogP contribution in [0.1, 0.15) is 51.6 Å². The van der Waals surface area contributed by atoms with Gasteiger partial charge in [0.25, 0.3) is 0 Å². The molecule has 21 heavy (non-hydrogen) atoms. The topological polar surface area (TPSA) is 29.5 Å². The monoisotopic (exact) mass is 289 g/mol.